The zero-order chi connectivity index (χ0) is 19.0. The van der Waals surface area contributed by atoms with Crippen molar-refractivity contribution >= 4 is 11.6 Å². The van der Waals surface area contributed by atoms with Gasteiger partial charge in [-0.2, -0.15) is 0 Å². The number of carbonyl (C=O) groups excluding carboxylic acids is 1. The molecule has 0 radical (unpaired) electrons. The quantitative estimate of drug-likeness (QED) is 0.511. The summed E-state index contributed by atoms with van der Waals surface area (Å²) in [5.41, 5.74) is 4.83. The summed E-state index contributed by atoms with van der Waals surface area (Å²) in [7, 11) is 1.33. The van der Waals surface area contributed by atoms with Gasteiger partial charge in [0.1, 0.15) is 11.5 Å². The lowest BCUT2D eigenvalue weighted by molar-refractivity contribution is 0.0593. The van der Waals surface area contributed by atoms with Gasteiger partial charge in [0.25, 0.3) is 0 Å². The minimum Gasteiger partial charge on any atom is -0.464 e. The van der Waals surface area contributed by atoms with Crippen LogP contribution in [0.5, 0.6) is 0 Å². The summed E-state index contributed by atoms with van der Waals surface area (Å²) in [5, 5.41) is 0. The number of benzene rings is 1. The van der Waals surface area contributed by atoms with Gasteiger partial charge in [0.2, 0.25) is 0 Å². The summed E-state index contributed by atoms with van der Waals surface area (Å²) in [6.07, 6.45) is 5.01. The maximum Gasteiger partial charge on any atom is 0.356 e. The molecule has 3 heterocycles. The smallest absolute Gasteiger partial charge is 0.356 e. The third kappa shape index (κ3) is 2.95. The molecule has 0 spiro atoms. The predicted octanol–water partition coefficient (Wildman–Crippen LogP) is 4.30. The predicted molar refractivity (Wildman–Crippen MR) is 99.9 cm³/mol. The average molecular weight is 361 g/mol. The van der Waals surface area contributed by atoms with E-state index in [2.05, 4.69) is 9.97 Å². The Kier molecular flexibility index (Phi) is 4.16. The Labute approximate surface area is 155 Å². The molecule has 134 valence electrons. The summed E-state index contributed by atoms with van der Waals surface area (Å²) in [4.78, 5) is 20.7. The Morgan fingerprint density at radius 3 is 2.70 bits per heavy atom. The van der Waals surface area contributed by atoms with Gasteiger partial charge in [0.15, 0.2) is 5.69 Å². The number of nitrogens with zero attached hydrogens (tertiary/aromatic N) is 3. The molecule has 0 saturated carbocycles. The highest BCUT2D eigenvalue weighted by Crippen LogP contribution is 2.31. The van der Waals surface area contributed by atoms with Crippen molar-refractivity contribution in [3.63, 3.8) is 0 Å². The third-order valence-electron chi connectivity index (χ3n) is 4.45. The third-order valence-corrected chi connectivity index (χ3v) is 4.45. The molecule has 27 heavy (non-hydrogen) atoms. The van der Waals surface area contributed by atoms with Crippen LogP contribution in [-0.4, -0.2) is 27.4 Å². The molecular formula is C21H16FN3O2. The number of ether oxygens (including phenoxy) is 1. The van der Waals surface area contributed by atoms with E-state index in [4.69, 9.17) is 4.74 Å². The van der Waals surface area contributed by atoms with Crippen molar-refractivity contribution in [1.82, 2.24) is 14.4 Å². The van der Waals surface area contributed by atoms with Crippen molar-refractivity contribution in [3.8, 4) is 22.4 Å². The van der Waals surface area contributed by atoms with Gasteiger partial charge in [-0.15, -0.1) is 0 Å². The van der Waals surface area contributed by atoms with E-state index in [1.165, 1.54) is 19.4 Å². The Morgan fingerprint density at radius 1 is 1.11 bits per heavy atom. The maximum absolute atomic E-state index is 13.7. The fourth-order valence-corrected chi connectivity index (χ4v) is 3.06. The van der Waals surface area contributed by atoms with Crippen LogP contribution < -0.4 is 0 Å². The summed E-state index contributed by atoms with van der Waals surface area (Å²) in [5.74, 6) is -0.709. The molecule has 3 aromatic heterocycles. The first kappa shape index (κ1) is 16.9. The van der Waals surface area contributed by atoms with Crippen LogP contribution in [0.25, 0.3) is 28.0 Å². The van der Waals surface area contributed by atoms with Crippen LogP contribution in [0.2, 0.25) is 0 Å². The zero-order valence-corrected chi connectivity index (χ0v) is 14.8. The molecule has 4 aromatic rings. The largest absolute Gasteiger partial charge is 0.464 e. The second-order valence-corrected chi connectivity index (χ2v) is 6.14. The monoisotopic (exact) mass is 361 g/mol. The highest BCUT2D eigenvalue weighted by molar-refractivity contribution is 5.89. The van der Waals surface area contributed by atoms with Crippen LogP contribution in [0.1, 0.15) is 16.1 Å². The number of pyridine rings is 2. The Hall–Kier alpha value is -3.54. The normalized spacial score (nSPS) is 10.9. The van der Waals surface area contributed by atoms with E-state index in [1.807, 2.05) is 30.5 Å². The molecule has 0 aliphatic heterocycles. The first-order valence-electron chi connectivity index (χ1n) is 8.36. The Balaban J connectivity index is 1.89. The van der Waals surface area contributed by atoms with Gasteiger partial charge in [-0.25, -0.2) is 14.2 Å². The lowest BCUT2D eigenvalue weighted by atomic mass is 9.99. The number of imidazole rings is 1. The SMILES string of the molecule is COC(=O)c1cnc2ccc(-c3cccnc3-c3ccc(F)c(C)c3)cn12. The van der Waals surface area contributed by atoms with E-state index in [9.17, 15) is 9.18 Å². The molecule has 0 aliphatic carbocycles. The molecule has 0 atom stereocenters. The second-order valence-electron chi connectivity index (χ2n) is 6.14. The molecule has 5 nitrogen and oxygen atoms in total. The van der Waals surface area contributed by atoms with E-state index < -0.39 is 5.97 Å². The number of hydrogen-bond donors (Lipinski definition) is 0. The fraction of sp³-hybridized carbons (Fsp3) is 0.0952. The summed E-state index contributed by atoms with van der Waals surface area (Å²) in [6, 6.07) is 12.5. The number of esters is 1. The highest BCUT2D eigenvalue weighted by Gasteiger charge is 2.15. The van der Waals surface area contributed by atoms with Gasteiger partial charge in [-0.3, -0.25) is 9.38 Å². The van der Waals surface area contributed by atoms with Crippen molar-refractivity contribution in [3.05, 3.63) is 78.1 Å². The maximum atomic E-state index is 13.7. The first-order valence-corrected chi connectivity index (χ1v) is 8.36. The number of aryl methyl sites for hydroxylation is 1. The van der Waals surface area contributed by atoms with Crippen molar-refractivity contribution < 1.29 is 13.9 Å². The fourth-order valence-electron chi connectivity index (χ4n) is 3.06. The zero-order valence-electron chi connectivity index (χ0n) is 14.8. The van der Waals surface area contributed by atoms with Gasteiger partial charge < -0.3 is 4.74 Å². The van der Waals surface area contributed by atoms with E-state index in [-0.39, 0.29) is 5.82 Å². The Bertz CT molecular complexity index is 1170. The van der Waals surface area contributed by atoms with E-state index in [1.54, 1.807) is 29.7 Å². The number of carbonyl (C=O) groups is 1. The van der Waals surface area contributed by atoms with E-state index >= 15 is 0 Å². The Morgan fingerprint density at radius 2 is 1.93 bits per heavy atom. The highest BCUT2D eigenvalue weighted by atomic mass is 19.1. The molecule has 0 fully saturated rings. The van der Waals surface area contributed by atoms with Crippen molar-refractivity contribution in [2.75, 3.05) is 7.11 Å². The van der Waals surface area contributed by atoms with E-state index in [0.717, 1.165) is 22.4 Å². The molecule has 4 rings (SSSR count). The number of fused-ring (bicyclic) bond motifs is 1. The molecule has 0 unspecified atom stereocenters. The van der Waals surface area contributed by atoms with Crippen LogP contribution in [-0.2, 0) is 4.74 Å². The lowest BCUT2D eigenvalue weighted by Gasteiger charge is -2.11. The minimum absolute atomic E-state index is 0.251. The van der Waals surface area contributed by atoms with E-state index in [0.29, 0.717) is 16.9 Å². The van der Waals surface area contributed by atoms with Crippen molar-refractivity contribution in [2.45, 2.75) is 6.92 Å². The summed E-state index contributed by atoms with van der Waals surface area (Å²) >= 11 is 0. The van der Waals surface area contributed by atoms with Crippen LogP contribution in [0, 0.1) is 12.7 Å². The van der Waals surface area contributed by atoms with Gasteiger partial charge in [-0.1, -0.05) is 6.07 Å². The number of methoxy groups -OCH3 is 1. The molecule has 0 N–H and O–H groups in total. The summed E-state index contributed by atoms with van der Waals surface area (Å²) in [6.45, 7) is 1.72. The molecule has 0 bridgehead atoms. The second kappa shape index (κ2) is 6.64. The lowest BCUT2D eigenvalue weighted by Crippen LogP contribution is -2.05. The standard InChI is InChI=1S/C21H16FN3O2/c1-13-10-14(5-7-17(13)22)20-16(4-3-9-23-20)15-6-8-19-24-11-18(21(26)27-2)25(19)12-15/h3-12H,1-2H3. The van der Waals surface area contributed by atoms with Crippen LogP contribution in [0.15, 0.2) is 61.1 Å². The molecule has 0 aliphatic rings. The van der Waals surface area contributed by atoms with Gasteiger partial charge in [0, 0.05) is 29.1 Å². The molecule has 1 aromatic carbocycles. The molecule has 0 saturated heterocycles. The van der Waals surface area contributed by atoms with Gasteiger partial charge in [-0.05, 0) is 48.9 Å². The van der Waals surface area contributed by atoms with Gasteiger partial charge in [0.05, 0.1) is 19.0 Å². The number of aromatic nitrogens is 3. The first-order chi connectivity index (χ1) is 13.1. The van der Waals surface area contributed by atoms with Gasteiger partial charge >= 0.3 is 5.97 Å². The molecular weight excluding hydrogens is 345 g/mol. The van der Waals surface area contributed by atoms with Crippen molar-refractivity contribution in [1.29, 1.82) is 0 Å². The van der Waals surface area contributed by atoms with Crippen LogP contribution >= 0.6 is 0 Å². The van der Waals surface area contributed by atoms with Crippen molar-refractivity contribution in [2.24, 2.45) is 0 Å². The molecule has 6 heteroatoms. The molecule has 0 amide bonds. The number of rotatable bonds is 3. The topological polar surface area (TPSA) is 56.5 Å². The van der Waals surface area contributed by atoms with Crippen LogP contribution in [0.3, 0.4) is 0 Å². The minimum atomic E-state index is -0.458. The van der Waals surface area contributed by atoms with Crippen LogP contribution in [0.4, 0.5) is 4.39 Å². The number of halogens is 1. The number of hydrogen-bond acceptors (Lipinski definition) is 4. The average Bonchev–Trinajstić information content (AvgIpc) is 3.12. The summed E-state index contributed by atoms with van der Waals surface area (Å²) < 4.78 is 20.2.